The van der Waals surface area contributed by atoms with Crippen LogP contribution in [0.5, 0.6) is 5.75 Å². The Kier molecular flexibility index (Phi) is 5.92. The van der Waals surface area contributed by atoms with Gasteiger partial charge < -0.3 is 14.8 Å². The van der Waals surface area contributed by atoms with Crippen LogP contribution in [0.3, 0.4) is 0 Å². The molecule has 1 aliphatic rings. The molecule has 0 spiro atoms. The number of carbonyl (C=O) groups excluding carboxylic acids is 1. The van der Waals surface area contributed by atoms with Gasteiger partial charge in [-0.05, 0) is 36.8 Å². The summed E-state index contributed by atoms with van der Waals surface area (Å²) in [6.45, 7) is 8.00. The number of halogens is 1. The van der Waals surface area contributed by atoms with Crippen LogP contribution >= 0.6 is 0 Å². The van der Waals surface area contributed by atoms with Crippen molar-refractivity contribution in [1.29, 1.82) is 0 Å². The Morgan fingerprint density at radius 1 is 1.03 bits per heavy atom. The molecule has 4 nitrogen and oxygen atoms in total. The first-order valence-electron chi connectivity index (χ1n) is 10.8. The van der Waals surface area contributed by atoms with Gasteiger partial charge >= 0.3 is 5.97 Å². The number of para-hydroxylation sites is 1. The van der Waals surface area contributed by atoms with E-state index in [0.717, 1.165) is 33.7 Å². The Balaban J connectivity index is 1.70. The maximum atomic E-state index is 13.2. The highest BCUT2D eigenvalue weighted by Gasteiger charge is 2.46. The molecule has 3 aromatic rings. The van der Waals surface area contributed by atoms with Crippen LogP contribution < -0.4 is 10.1 Å². The number of rotatable bonds is 5. The number of anilines is 1. The number of hydrogen-bond acceptors (Lipinski definition) is 4. The standard InChI is InChI=1S/C27H28FNO3/c1-17-9-14-23-22(15-17)26(32-18(2)30)27(3,4)25(29-23)21-7-5-6-8-24(21)31-16-19-10-12-20(28)13-11-19/h5-15,25-26,29H,16H2,1-4H3/t25-,26+/m1/s1. The zero-order valence-electron chi connectivity index (χ0n) is 18.8. The number of ether oxygens (including phenoxy) is 2. The highest BCUT2D eigenvalue weighted by Crippen LogP contribution is 2.54. The van der Waals surface area contributed by atoms with Gasteiger partial charge in [0.25, 0.3) is 0 Å². The number of nitrogens with one attached hydrogen (secondary N) is 1. The van der Waals surface area contributed by atoms with Crippen LogP contribution in [0.15, 0.2) is 66.7 Å². The van der Waals surface area contributed by atoms with E-state index in [1.807, 2.05) is 43.3 Å². The maximum absolute atomic E-state index is 13.2. The lowest BCUT2D eigenvalue weighted by atomic mass is 9.70. The number of aryl methyl sites for hydroxylation is 1. The van der Waals surface area contributed by atoms with E-state index in [-0.39, 0.29) is 17.8 Å². The van der Waals surface area contributed by atoms with Crippen molar-refractivity contribution in [3.8, 4) is 5.75 Å². The molecular weight excluding hydrogens is 405 g/mol. The lowest BCUT2D eigenvalue weighted by molar-refractivity contribution is -0.154. The minimum atomic E-state index is -0.457. The van der Waals surface area contributed by atoms with Gasteiger partial charge in [0, 0.05) is 29.2 Å². The molecule has 4 rings (SSSR count). The molecule has 1 heterocycles. The van der Waals surface area contributed by atoms with Gasteiger partial charge in [-0.3, -0.25) is 4.79 Å². The van der Waals surface area contributed by atoms with Crippen LogP contribution in [-0.2, 0) is 16.1 Å². The second kappa shape index (κ2) is 8.65. The van der Waals surface area contributed by atoms with E-state index >= 15 is 0 Å². The summed E-state index contributed by atoms with van der Waals surface area (Å²) in [6, 6.07) is 20.2. The average molecular weight is 434 g/mol. The normalized spacial score (nSPS) is 18.9. The van der Waals surface area contributed by atoms with Crippen molar-refractivity contribution in [2.24, 2.45) is 5.41 Å². The third-order valence-corrected chi connectivity index (χ3v) is 6.03. The molecule has 166 valence electrons. The molecule has 0 radical (unpaired) electrons. The molecule has 5 heteroatoms. The van der Waals surface area contributed by atoms with E-state index in [0.29, 0.717) is 6.61 Å². The lowest BCUT2D eigenvalue weighted by Crippen LogP contribution is -2.40. The second-order valence-electron chi connectivity index (χ2n) is 8.93. The van der Waals surface area contributed by atoms with Gasteiger partial charge in [-0.15, -0.1) is 0 Å². The fourth-order valence-electron chi connectivity index (χ4n) is 4.38. The van der Waals surface area contributed by atoms with E-state index in [9.17, 15) is 9.18 Å². The van der Waals surface area contributed by atoms with Crippen LogP contribution in [0.25, 0.3) is 0 Å². The molecular formula is C27H28FNO3. The topological polar surface area (TPSA) is 47.6 Å². The Bertz CT molecular complexity index is 1120. The van der Waals surface area contributed by atoms with Gasteiger partial charge in [-0.25, -0.2) is 4.39 Å². The van der Waals surface area contributed by atoms with Crippen molar-refractivity contribution in [2.75, 3.05) is 5.32 Å². The zero-order chi connectivity index (χ0) is 22.9. The van der Waals surface area contributed by atoms with Crippen LogP contribution in [0.1, 0.15) is 55.2 Å². The van der Waals surface area contributed by atoms with E-state index in [1.165, 1.54) is 19.1 Å². The molecule has 2 atom stereocenters. The summed E-state index contributed by atoms with van der Waals surface area (Å²) in [7, 11) is 0. The van der Waals surface area contributed by atoms with E-state index in [2.05, 4.69) is 25.2 Å². The van der Waals surface area contributed by atoms with Gasteiger partial charge in [0.05, 0.1) is 6.04 Å². The van der Waals surface area contributed by atoms with Gasteiger partial charge in [-0.2, -0.15) is 0 Å². The van der Waals surface area contributed by atoms with Crippen molar-refractivity contribution in [2.45, 2.75) is 46.4 Å². The summed E-state index contributed by atoms with van der Waals surface area (Å²) in [6.07, 6.45) is -0.411. The zero-order valence-corrected chi connectivity index (χ0v) is 18.8. The van der Waals surface area contributed by atoms with E-state index < -0.39 is 11.5 Å². The quantitative estimate of drug-likeness (QED) is 0.466. The molecule has 32 heavy (non-hydrogen) atoms. The van der Waals surface area contributed by atoms with E-state index in [1.54, 1.807) is 12.1 Å². The predicted octanol–water partition coefficient (Wildman–Crippen LogP) is 6.51. The van der Waals surface area contributed by atoms with Crippen molar-refractivity contribution in [3.63, 3.8) is 0 Å². The summed E-state index contributed by atoms with van der Waals surface area (Å²) >= 11 is 0. The molecule has 1 N–H and O–H groups in total. The second-order valence-corrected chi connectivity index (χ2v) is 8.93. The molecule has 1 aliphatic heterocycles. The highest BCUT2D eigenvalue weighted by atomic mass is 19.1. The van der Waals surface area contributed by atoms with Gasteiger partial charge in [0.1, 0.15) is 24.3 Å². The van der Waals surface area contributed by atoms with Crippen LogP contribution in [0, 0.1) is 18.2 Å². The van der Waals surface area contributed by atoms with Gasteiger partial charge in [0.15, 0.2) is 0 Å². The number of esters is 1. The number of fused-ring (bicyclic) bond motifs is 1. The van der Waals surface area contributed by atoms with E-state index in [4.69, 9.17) is 9.47 Å². The summed E-state index contributed by atoms with van der Waals surface area (Å²) in [5.74, 6) is 0.157. The van der Waals surface area contributed by atoms with Crippen molar-refractivity contribution >= 4 is 11.7 Å². The highest BCUT2D eigenvalue weighted by molar-refractivity contribution is 5.68. The Hall–Kier alpha value is -3.34. The molecule has 0 saturated carbocycles. The Labute approximate surface area is 188 Å². The van der Waals surface area contributed by atoms with Gasteiger partial charge in [0.2, 0.25) is 0 Å². The van der Waals surface area contributed by atoms with Crippen molar-refractivity contribution < 1.29 is 18.7 Å². The Morgan fingerprint density at radius 2 is 1.75 bits per heavy atom. The molecule has 3 aromatic carbocycles. The summed E-state index contributed by atoms with van der Waals surface area (Å²) in [5.41, 5.74) is 4.44. The number of hydrogen-bond donors (Lipinski definition) is 1. The molecule has 0 bridgehead atoms. The number of benzene rings is 3. The third kappa shape index (κ3) is 4.33. The first-order valence-corrected chi connectivity index (χ1v) is 10.8. The van der Waals surface area contributed by atoms with Crippen LogP contribution in [0.2, 0.25) is 0 Å². The molecule has 0 fully saturated rings. The fourth-order valence-corrected chi connectivity index (χ4v) is 4.38. The molecule has 0 aliphatic carbocycles. The summed E-state index contributed by atoms with van der Waals surface area (Å²) < 4.78 is 25.3. The minimum Gasteiger partial charge on any atom is -0.489 e. The average Bonchev–Trinajstić information content (AvgIpc) is 2.75. The Morgan fingerprint density at radius 3 is 2.47 bits per heavy atom. The number of carbonyl (C=O) groups is 1. The predicted molar refractivity (Wildman–Crippen MR) is 123 cm³/mol. The maximum Gasteiger partial charge on any atom is 0.303 e. The van der Waals surface area contributed by atoms with Crippen molar-refractivity contribution in [1.82, 2.24) is 0 Å². The monoisotopic (exact) mass is 433 g/mol. The largest absolute Gasteiger partial charge is 0.489 e. The molecule has 0 unspecified atom stereocenters. The third-order valence-electron chi connectivity index (χ3n) is 6.03. The molecule has 0 aromatic heterocycles. The minimum absolute atomic E-state index is 0.161. The SMILES string of the molecule is CC(=O)O[C@H]1c2cc(C)ccc2N[C@H](c2ccccc2OCc2ccc(F)cc2)C1(C)C. The fraction of sp³-hybridized carbons (Fsp3) is 0.296. The van der Waals surface area contributed by atoms with Crippen LogP contribution in [-0.4, -0.2) is 5.97 Å². The molecule has 0 saturated heterocycles. The summed E-state index contributed by atoms with van der Waals surface area (Å²) in [5, 5.41) is 3.66. The smallest absolute Gasteiger partial charge is 0.303 e. The molecule has 0 amide bonds. The van der Waals surface area contributed by atoms with Crippen molar-refractivity contribution in [3.05, 3.63) is 94.8 Å². The first-order chi connectivity index (χ1) is 15.3. The first kappa shape index (κ1) is 21.9. The summed E-state index contributed by atoms with van der Waals surface area (Å²) in [4.78, 5) is 12.0. The van der Waals surface area contributed by atoms with Gasteiger partial charge in [-0.1, -0.05) is 61.9 Å². The van der Waals surface area contributed by atoms with Crippen LogP contribution in [0.4, 0.5) is 10.1 Å². The lowest BCUT2D eigenvalue weighted by Gasteiger charge is -2.46.